The summed E-state index contributed by atoms with van der Waals surface area (Å²) in [4.78, 5) is 11.3. The van der Waals surface area contributed by atoms with Gasteiger partial charge in [0.25, 0.3) is 0 Å². The summed E-state index contributed by atoms with van der Waals surface area (Å²) >= 11 is 0. The Bertz CT molecular complexity index is 254. The molecule has 0 spiro atoms. The van der Waals surface area contributed by atoms with Crippen molar-refractivity contribution in [3.63, 3.8) is 0 Å². The Balaban J connectivity index is 3.47. The fraction of sp³-hybridized carbons (Fsp3) is 0.688. The van der Waals surface area contributed by atoms with E-state index in [4.69, 9.17) is 0 Å². The van der Waals surface area contributed by atoms with Crippen LogP contribution in [0.5, 0.6) is 0 Å². The third-order valence-corrected chi connectivity index (χ3v) is 2.65. The van der Waals surface area contributed by atoms with Crippen LogP contribution in [0.2, 0.25) is 0 Å². The molecule has 0 aliphatic carbocycles. The average molecular weight is 251 g/mol. The number of rotatable bonds is 10. The number of hydrogen-bond donors (Lipinski definition) is 1. The Morgan fingerprint density at radius 3 is 2.50 bits per heavy atom. The van der Waals surface area contributed by atoms with Gasteiger partial charge in [-0.1, -0.05) is 64.7 Å². The molecular weight excluding hydrogens is 222 g/mol. The maximum absolute atomic E-state index is 11.3. The second kappa shape index (κ2) is 12.4. The van der Waals surface area contributed by atoms with Crippen LogP contribution in [-0.2, 0) is 4.79 Å². The lowest BCUT2D eigenvalue weighted by atomic mass is 10.1. The van der Waals surface area contributed by atoms with Gasteiger partial charge in [-0.25, -0.2) is 0 Å². The first-order valence-electron chi connectivity index (χ1n) is 7.27. The summed E-state index contributed by atoms with van der Waals surface area (Å²) < 4.78 is 0. The van der Waals surface area contributed by atoms with Crippen LogP contribution in [0.25, 0.3) is 0 Å². The number of unbranched alkanes of at least 4 members (excludes halogenated alkanes) is 5. The zero-order valence-electron chi connectivity index (χ0n) is 12.2. The SMILES string of the molecule is CCCCCCC/C=C\C=C\C(=O)NCC(C)C. The molecule has 0 aromatic carbocycles. The van der Waals surface area contributed by atoms with Crippen molar-refractivity contribution in [2.45, 2.75) is 59.3 Å². The molecule has 0 aliphatic heterocycles. The van der Waals surface area contributed by atoms with E-state index in [0.29, 0.717) is 5.92 Å². The maximum Gasteiger partial charge on any atom is 0.243 e. The number of nitrogens with one attached hydrogen (secondary N) is 1. The monoisotopic (exact) mass is 251 g/mol. The standard InChI is InChI=1S/C16H29NO/c1-4-5-6-7-8-9-10-11-12-13-16(18)17-14-15(2)3/h10-13,15H,4-9,14H2,1-3H3,(H,17,18)/b11-10-,13-12+. The molecule has 0 radical (unpaired) electrons. The van der Waals surface area contributed by atoms with Crippen molar-refractivity contribution in [2.75, 3.05) is 6.54 Å². The van der Waals surface area contributed by atoms with E-state index in [1.807, 2.05) is 12.2 Å². The van der Waals surface area contributed by atoms with E-state index in [-0.39, 0.29) is 5.91 Å². The number of amides is 1. The highest BCUT2D eigenvalue weighted by atomic mass is 16.1. The fourth-order valence-electron chi connectivity index (χ4n) is 1.55. The molecule has 0 saturated carbocycles. The normalized spacial score (nSPS) is 11.8. The second-order valence-corrected chi connectivity index (χ2v) is 5.13. The van der Waals surface area contributed by atoms with E-state index in [1.54, 1.807) is 6.08 Å². The van der Waals surface area contributed by atoms with E-state index in [9.17, 15) is 4.79 Å². The largest absolute Gasteiger partial charge is 0.352 e. The summed E-state index contributed by atoms with van der Waals surface area (Å²) in [6.07, 6.45) is 15.2. The van der Waals surface area contributed by atoms with Crippen LogP contribution in [0.1, 0.15) is 59.3 Å². The summed E-state index contributed by atoms with van der Waals surface area (Å²) in [5, 5.41) is 2.85. The minimum Gasteiger partial charge on any atom is -0.352 e. The van der Waals surface area contributed by atoms with E-state index >= 15 is 0 Å². The van der Waals surface area contributed by atoms with Crippen molar-refractivity contribution < 1.29 is 4.79 Å². The summed E-state index contributed by atoms with van der Waals surface area (Å²) in [5.74, 6) is 0.498. The van der Waals surface area contributed by atoms with Crippen LogP contribution < -0.4 is 5.32 Å². The van der Waals surface area contributed by atoms with Crippen molar-refractivity contribution in [1.29, 1.82) is 0 Å². The maximum atomic E-state index is 11.3. The topological polar surface area (TPSA) is 29.1 Å². The van der Waals surface area contributed by atoms with Crippen molar-refractivity contribution >= 4 is 5.91 Å². The molecule has 0 bridgehead atoms. The lowest BCUT2D eigenvalue weighted by Gasteiger charge is -2.03. The molecule has 1 N–H and O–H groups in total. The molecule has 18 heavy (non-hydrogen) atoms. The smallest absolute Gasteiger partial charge is 0.243 e. The van der Waals surface area contributed by atoms with Crippen molar-refractivity contribution in [3.05, 3.63) is 24.3 Å². The van der Waals surface area contributed by atoms with Gasteiger partial charge in [0, 0.05) is 12.6 Å². The van der Waals surface area contributed by atoms with Crippen LogP contribution in [-0.4, -0.2) is 12.5 Å². The Kier molecular flexibility index (Phi) is 11.7. The molecule has 0 saturated heterocycles. The van der Waals surface area contributed by atoms with Crippen molar-refractivity contribution in [1.82, 2.24) is 5.32 Å². The number of carbonyl (C=O) groups is 1. The molecule has 0 fully saturated rings. The number of carbonyl (C=O) groups excluding carboxylic acids is 1. The van der Waals surface area contributed by atoms with Gasteiger partial charge in [0.2, 0.25) is 5.91 Å². The van der Waals surface area contributed by atoms with Gasteiger partial charge in [0.1, 0.15) is 0 Å². The summed E-state index contributed by atoms with van der Waals surface area (Å²) in [6.45, 7) is 7.14. The molecule has 2 nitrogen and oxygen atoms in total. The van der Waals surface area contributed by atoms with Crippen LogP contribution in [0.3, 0.4) is 0 Å². The molecule has 0 rings (SSSR count). The van der Waals surface area contributed by atoms with Gasteiger partial charge in [-0.05, 0) is 18.8 Å². The van der Waals surface area contributed by atoms with Gasteiger partial charge in [0.05, 0.1) is 0 Å². The first-order valence-corrected chi connectivity index (χ1v) is 7.27. The summed E-state index contributed by atoms with van der Waals surface area (Å²) in [6, 6.07) is 0. The zero-order valence-corrected chi connectivity index (χ0v) is 12.2. The molecule has 0 heterocycles. The highest BCUT2D eigenvalue weighted by Gasteiger charge is 1.95. The Labute approximate surface area is 113 Å². The fourth-order valence-corrected chi connectivity index (χ4v) is 1.55. The second-order valence-electron chi connectivity index (χ2n) is 5.13. The minimum atomic E-state index is -0.00343. The zero-order chi connectivity index (χ0) is 13.6. The van der Waals surface area contributed by atoms with Gasteiger partial charge in [-0.15, -0.1) is 0 Å². The average Bonchev–Trinajstić information content (AvgIpc) is 2.34. The molecule has 0 atom stereocenters. The number of allylic oxidation sites excluding steroid dienone is 3. The molecule has 2 heteroatoms. The molecule has 0 unspecified atom stereocenters. The molecule has 0 aromatic heterocycles. The molecule has 0 aliphatic rings. The minimum absolute atomic E-state index is 0.00343. The van der Waals surface area contributed by atoms with Gasteiger partial charge < -0.3 is 5.32 Å². The van der Waals surface area contributed by atoms with Crippen LogP contribution in [0.15, 0.2) is 24.3 Å². The third kappa shape index (κ3) is 13.0. The lowest BCUT2D eigenvalue weighted by Crippen LogP contribution is -2.25. The molecule has 1 amide bonds. The van der Waals surface area contributed by atoms with Crippen LogP contribution >= 0.6 is 0 Å². The first-order chi connectivity index (χ1) is 8.66. The molecular formula is C16H29NO. The highest BCUT2D eigenvalue weighted by molar-refractivity contribution is 5.87. The first kappa shape index (κ1) is 16.9. The third-order valence-electron chi connectivity index (χ3n) is 2.65. The lowest BCUT2D eigenvalue weighted by molar-refractivity contribution is -0.116. The van der Waals surface area contributed by atoms with Gasteiger partial charge in [-0.3, -0.25) is 4.79 Å². The van der Waals surface area contributed by atoms with Gasteiger partial charge in [0.15, 0.2) is 0 Å². The molecule has 0 aromatic rings. The predicted octanol–water partition coefficient (Wildman–Crippen LogP) is 4.23. The number of hydrogen-bond acceptors (Lipinski definition) is 1. The Morgan fingerprint density at radius 1 is 1.11 bits per heavy atom. The van der Waals surface area contributed by atoms with E-state index in [2.05, 4.69) is 32.2 Å². The summed E-state index contributed by atoms with van der Waals surface area (Å²) in [7, 11) is 0. The predicted molar refractivity (Wildman–Crippen MR) is 79.5 cm³/mol. The van der Waals surface area contributed by atoms with E-state index in [0.717, 1.165) is 13.0 Å². The Hall–Kier alpha value is -1.05. The molecule has 104 valence electrons. The van der Waals surface area contributed by atoms with Crippen molar-refractivity contribution in [2.24, 2.45) is 5.92 Å². The summed E-state index contributed by atoms with van der Waals surface area (Å²) in [5.41, 5.74) is 0. The Morgan fingerprint density at radius 2 is 1.83 bits per heavy atom. The van der Waals surface area contributed by atoms with Crippen LogP contribution in [0.4, 0.5) is 0 Å². The van der Waals surface area contributed by atoms with Crippen LogP contribution in [0, 0.1) is 5.92 Å². The van der Waals surface area contributed by atoms with Crippen molar-refractivity contribution in [3.8, 4) is 0 Å². The van der Waals surface area contributed by atoms with E-state index < -0.39 is 0 Å². The van der Waals surface area contributed by atoms with Gasteiger partial charge in [-0.2, -0.15) is 0 Å². The van der Waals surface area contributed by atoms with Gasteiger partial charge >= 0.3 is 0 Å². The quantitative estimate of drug-likeness (QED) is 0.351. The highest BCUT2D eigenvalue weighted by Crippen LogP contribution is 2.05. The van der Waals surface area contributed by atoms with E-state index in [1.165, 1.54) is 32.1 Å².